The largest absolute Gasteiger partial charge is 0.396 e. The second-order valence-corrected chi connectivity index (χ2v) is 4.21. The molecular weight excluding hydrogens is 166 g/mol. The van der Waals surface area contributed by atoms with Crippen LogP contribution in [0.4, 0.5) is 0 Å². The van der Waals surface area contributed by atoms with Gasteiger partial charge in [0.25, 0.3) is 0 Å². The van der Waals surface area contributed by atoms with E-state index in [0.29, 0.717) is 6.04 Å². The molecule has 1 aliphatic rings. The minimum absolute atomic E-state index is 0.0289. The normalized spacial score (nSPS) is 29.5. The van der Waals surface area contributed by atoms with Crippen LogP contribution in [-0.2, 0) is 4.74 Å². The van der Waals surface area contributed by atoms with Gasteiger partial charge in [0.2, 0.25) is 0 Å². The Kier molecular flexibility index (Phi) is 4.16. The maximum Gasteiger partial charge on any atom is 0.0649 e. The van der Waals surface area contributed by atoms with Crippen molar-refractivity contribution in [3.63, 3.8) is 0 Å². The molecule has 0 aliphatic carbocycles. The lowest BCUT2D eigenvalue weighted by molar-refractivity contribution is 0.00498. The minimum Gasteiger partial charge on any atom is -0.396 e. The molecular formula is C10H21NO2. The quantitative estimate of drug-likeness (QED) is 0.687. The lowest BCUT2D eigenvalue weighted by Gasteiger charge is -2.39. The monoisotopic (exact) mass is 187 g/mol. The van der Waals surface area contributed by atoms with Crippen LogP contribution in [0, 0.1) is 0 Å². The van der Waals surface area contributed by atoms with E-state index in [0.717, 1.165) is 32.5 Å². The number of ether oxygens (including phenoxy) is 1. The fourth-order valence-corrected chi connectivity index (χ4v) is 2.06. The lowest BCUT2D eigenvalue weighted by Crippen LogP contribution is -2.54. The Labute approximate surface area is 80.5 Å². The van der Waals surface area contributed by atoms with Gasteiger partial charge in [-0.3, -0.25) is 0 Å². The van der Waals surface area contributed by atoms with E-state index in [1.165, 1.54) is 0 Å². The van der Waals surface area contributed by atoms with Crippen molar-refractivity contribution < 1.29 is 9.84 Å². The SMILES string of the molecule is CC(C)NC1(CCO)CCCOC1. The maximum absolute atomic E-state index is 9.00. The van der Waals surface area contributed by atoms with Gasteiger partial charge in [-0.25, -0.2) is 0 Å². The van der Waals surface area contributed by atoms with Gasteiger partial charge < -0.3 is 15.2 Å². The number of aliphatic hydroxyl groups is 1. The smallest absolute Gasteiger partial charge is 0.0649 e. The summed E-state index contributed by atoms with van der Waals surface area (Å²) in [5.41, 5.74) is 0.0289. The van der Waals surface area contributed by atoms with Crippen LogP contribution in [0.5, 0.6) is 0 Å². The summed E-state index contributed by atoms with van der Waals surface area (Å²) < 4.78 is 5.47. The maximum atomic E-state index is 9.00. The Balaban J connectivity index is 2.50. The third-order valence-electron chi connectivity index (χ3n) is 2.51. The molecule has 0 aromatic rings. The zero-order chi connectivity index (χ0) is 9.73. The molecule has 1 heterocycles. The third kappa shape index (κ3) is 3.25. The third-order valence-corrected chi connectivity index (χ3v) is 2.51. The molecule has 13 heavy (non-hydrogen) atoms. The molecule has 3 nitrogen and oxygen atoms in total. The number of aliphatic hydroxyl groups excluding tert-OH is 1. The number of hydrogen-bond acceptors (Lipinski definition) is 3. The predicted octanol–water partition coefficient (Wildman–Crippen LogP) is 0.916. The fraction of sp³-hybridized carbons (Fsp3) is 1.00. The highest BCUT2D eigenvalue weighted by Crippen LogP contribution is 2.23. The van der Waals surface area contributed by atoms with Crippen LogP contribution >= 0.6 is 0 Å². The molecule has 0 radical (unpaired) electrons. The summed E-state index contributed by atoms with van der Waals surface area (Å²) in [6.07, 6.45) is 3.01. The minimum atomic E-state index is 0.0289. The number of nitrogens with one attached hydrogen (secondary N) is 1. The highest BCUT2D eigenvalue weighted by atomic mass is 16.5. The second kappa shape index (κ2) is 4.94. The summed E-state index contributed by atoms with van der Waals surface area (Å²) in [7, 11) is 0. The van der Waals surface area contributed by atoms with Crippen LogP contribution in [0.15, 0.2) is 0 Å². The number of hydrogen-bond donors (Lipinski definition) is 2. The van der Waals surface area contributed by atoms with Crippen molar-refractivity contribution in [2.45, 2.75) is 44.7 Å². The first-order chi connectivity index (χ1) is 6.18. The molecule has 78 valence electrons. The van der Waals surface area contributed by atoms with Crippen molar-refractivity contribution in [3.05, 3.63) is 0 Å². The van der Waals surface area contributed by atoms with E-state index in [2.05, 4.69) is 19.2 Å². The van der Waals surface area contributed by atoms with Crippen LogP contribution in [0.2, 0.25) is 0 Å². The fourth-order valence-electron chi connectivity index (χ4n) is 2.06. The highest BCUT2D eigenvalue weighted by Gasteiger charge is 2.32. The summed E-state index contributed by atoms with van der Waals surface area (Å²) in [5.74, 6) is 0. The summed E-state index contributed by atoms with van der Waals surface area (Å²) in [6.45, 7) is 6.11. The van der Waals surface area contributed by atoms with Gasteiger partial charge in [-0.05, 0) is 19.3 Å². The average molecular weight is 187 g/mol. The molecule has 0 aromatic carbocycles. The van der Waals surface area contributed by atoms with Crippen molar-refractivity contribution in [2.75, 3.05) is 19.8 Å². The molecule has 1 fully saturated rings. The topological polar surface area (TPSA) is 41.5 Å². The van der Waals surface area contributed by atoms with Gasteiger partial charge in [-0.1, -0.05) is 13.8 Å². The van der Waals surface area contributed by atoms with Gasteiger partial charge in [-0.15, -0.1) is 0 Å². The Morgan fingerprint density at radius 2 is 2.31 bits per heavy atom. The molecule has 1 saturated heterocycles. The van der Waals surface area contributed by atoms with Crippen LogP contribution in [-0.4, -0.2) is 36.5 Å². The van der Waals surface area contributed by atoms with Crippen LogP contribution in [0.25, 0.3) is 0 Å². The van der Waals surface area contributed by atoms with E-state index in [4.69, 9.17) is 9.84 Å². The Morgan fingerprint density at radius 1 is 1.54 bits per heavy atom. The average Bonchev–Trinajstić information content (AvgIpc) is 2.04. The summed E-state index contributed by atoms with van der Waals surface area (Å²) in [5, 5.41) is 12.5. The molecule has 2 N–H and O–H groups in total. The Morgan fingerprint density at radius 3 is 2.77 bits per heavy atom. The lowest BCUT2D eigenvalue weighted by atomic mass is 9.88. The van der Waals surface area contributed by atoms with Gasteiger partial charge in [0.05, 0.1) is 6.61 Å². The zero-order valence-electron chi connectivity index (χ0n) is 8.68. The molecule has 1 rings (SSSR count). The first kappa shape index (κ1) is 11.0. The van der Waals surface area contributed by atoms with Gasteiger partial charge in [0.1, 0.15) is 0 Å². The van der Waals surface area contributed by atoms with E-state index in [1.807, 2.05) is 0 Å². The molecule has 0 spiro atoms. The zero-order valence-corrected chi connectivity index (χ0v) is 8.68. The van der Waals surface area contributed by atoms with Gasteiger partial charge in [0, 0.05) is 24.8 Å². The molecule has 1 unspecified atom stereocenters. The second-order valence-electron chi connectivity index (χ2n) is 4.21. The molecule has 0 bridgehead atoms. The van der Waals surface area contributed by atoms with Crippen LogP contribution < -0.4 is 5.32 Å². The number of rotatable bonds is 4. The molecule has 1 atom stereocenters. The van der Waals surface area contributed by atoms with E-state index < -0.39 is 0 Å². The molecule has 1 aliphatic heterocycles. The van der Waals surface area contributed by atoms with Crippen molar-refractivity contribution in [1.29, 1.82) is 0 Å². The molecule has 0 amide bonds. The van der Waals surface area contributed by atoms with E-state index >= 15 is 0 Å². The van der Waals surface area contributed by atoms with Crippen LogP contribution in [0.1, 0.15) is 33.1 Å². The highest BCUT2D eigenvalue weighted by molar-refractivity contribution is 4.91. The predicted molar refractivity (Wildman–Crippen MR) is 52.8 cm³/mol. The molecule has 3 heteroatoms. The molecule has 0 aromatic heterocycles. The molecule has 0 saturated carbocycles. The first-order valence-corrected chi connectivity index (χ1v) is 5.15. The van der Waals surface area contributed by atoms with Crippen molar-refractivity contribution >= 4 is 0 Å². The van der Waals surface area contributed by atoms with E-state index in [9.17, 15) is 0 Å². The van der Waals surface area contributed by atoms with Crippen molar-refractivity contribution in [1.82, 2.24) is 5.32 Å². The Bertz CT molecular complexity index is 136. The van der Waals surface area contributed by atoms with Gasteiger partial charge in [-0.2, -0.15) is 0 Å². The summed E-state index contributed by atoms with van der Waals surface area (Å²) in [4.78, 5) is 0. The summed E-state index contributed by atoms with van der Waals surface area (Å²) >= 11 is 0. The Hall–Kier alpha value is -0.120. The first-order valence-electron chi connectivity index (χ1n) is 5.15. The van der Waals surface area contributed by atoms with Crippen molar-refractivity contribution in [3.8, 4) is 0 Å². The van der Waals surface area contributed by atoms with E-state index in [1.54, 1.807) is 0 Å². The summed E-state index contributed by atoms with van der Waals surface area (Å²) in [6, 6.07) is 0.452. The van der Waals surface area contributed by atoms with Gasteiger partial charge in [0.15, 0.2) is 0 Å². The standard InChI is InChI=1S/C10H21NO2/c1-9(2)11-10(5-6-12)4-3-7-13-8-10/h9,11-12H,3-8H2,1-2H3. The van der Waals surface area contributed by atoms with Gasteiger partial charge >= 0.3 is 0 Å². The van der Waals surface area contributed by atoms with Crippen LogP contribution in [0.3, 0.4) is 0 Å². The van der Waals surface area contributed by atoms with E-state index in [-0.39, 0.29) is 12.1 Å². The van der Waals surface area contributed by atoms with Crippen molar-refractivity contribution in [2.24, 2.45) is 0 Å².